The number of sulfonamides is 1. The van der Waals surface area contributed by atoms with E-state index < -0.39 is 15.8 Å². The van der Waals surface area contributed by atoms with E-state index in [9.17, 15) is 17.6 Å². The van der Waals surface area contributed by atoms with Crippen LogP contribution in [-0.4, -0.2) is 36.5 Å². The van der Waals surface area contributed by atoms with Crippen LogP contribution in [0.15, 0.2) is 52.9 Å². The zero-order valence-corrected chi connectivity index (χ0v) is 19.4. The number of nitrogens with zero attached hydrogens (tertiary/aromatic N) is 3. The minimum atomic E-state index is -3.67. The fraction of sp³-hybridized carbons (Fsp3) is 0.250. The van der Waals surface area contributed by atoms with Gasteiger partial charge in [0, 0.05) is 16.9 Å². The lowest BCUT2D eigenvalue weighted by Gasteiger charge is -2.23. The standard InChI is InChI=1S/C20H21FN4O3S3/c1-3-12-29-20-24-23-19(30-20)22-18(26)14-8-10-16(11-9-14)25(31(2,27)28)13-15-6-4-5-7-17(15)21/h4-11H,3,12-13H2,1-2H3,(H,22,23,26). The SMILES string of the molecule is CCCSc1nnc(NC(=O)c2ccc(N(Cc3ccccc3F)S(C)(=O)=O)cc2)s1. The van der Waals surface area contributed by atoms with Crippen molar-refractivity contribution in [2.24, 2.45) is 0 Å². The van der Waals surface area contributed by atoms with Gasteiger partial charge in [0.25, 0.3) is 5.91 Å². The molecule has 0 unspecified atom stereocenters. The number of halogens is 1. The average Bonchev–Trinajstić information content (AvgIpc) is 3.18. The van der Waals surface area contributed by atoms with Crippen LogP contribution in [0.3, 0.4) is 0 Å². The third-order valence-electron chi connectivity index (χ3n) is 4.15. The first-order valence-corrected chi connectivity index (χ1v) is 13.0. The lowest BCUT2D eigenvalue weighted by Crippen LogP contribution is -2.29. The number of hydrogen-bond donors (Lipinski definition) is 1. The zero-order valence-electron chi connectivity index (χ0n) is 16.9. The fourth-order valence-corrected chi connectivity index (χ4v) is 5.19. The van der Waals surface area contributed by atoms with E-state index in [1.807, 2.05) is 0 Å². The molecule has 1 N–H and O–H groups in total. The van der Waals surface area contributed by atoms with Gasteiger partial charge in [0.05, 0.1) is 18.5 Å². The van der Waals surface area contributed by atoms with Gasteiger partial charge in [0.2, 0.25) is 15.2 Å². The molecule has 0 bridgehead atoms. The quantitative estimate of drug-likeness (QED) is 0.361. The number of thioether (sulfide) groups is 1. The van der Waals surface area contributed by atoms with Gasteiger partial charge in [-0.25, -0.2) is 12.8 Å². The Balaban J connectivity index is 1.74. The minimum Gasteiger partial charge on any atom is -0.296 e. The molecule has 0 fully saturated rings. The summed E-state index contributed by atoms with van der Waals surface area (Å²) in [5.41, 5.74) is 0.917. The zero-order chi connectivity index (χ0) is 22.4. The van der Waals surface area contributed by atoms with Crippen molar-refractivity contribution in [3.8, 4) is 0 Å². The number of nitrogens with one attached hydrogen (secondary N) is 1. The highest BCUT2D eigenvalue weighted by Gasteiger charge is 2.20. The van der Waals surface area contributed by atoms with Crippen molar-refractivity contribution in [2.75, 3.05) is 21.6 Å². The van der Waals surface area contributed by atoms with E-state index in [-0.39, 0.29) is 18.0 Å². The third kappa shape index (κ3) is 6.25. The van der Waals surface area contributed by atoms with Crippen LogP contribution in [0.1, 0.15) is 29.3 Å². The predicted molar refractivity (Wildman–Crippen MR) is 123 cm³/mol. The van der Waals surface area contributed by atoms with Crippen LogP contribution in [0.4, 0.5) is 15.2 Å². The summed E-state index contributed by atoms with van der Waals surface area (Å²) in [6.45, 7) is 1.92. The minimum absolute atomic E-state index is 0.153. The number of anilines is 2. The highest BCUT2D eigenvalue weighted by atomic mass is 32.2. The Morgan fingerprint density at radius 1 is 1.16 bits per heavy atom. The van der Waals surface area contributed by atoms with Crippen LogP contribution < -0.4 is 9.62 Å². The maximum absolute atomic E-state index is 14.0. The maximum atomic E-state index is 14.0. The number of hydrogen-bond acceptors (Lipinski definition) is 7. The molecule has 0 aliphatic heterocycles. The molecular weight excluding hydrogens is 459 g/mol. The second-order valence-electron chi connectivity index (χ2n) is 6.58. The topological polar surface area (TPSA) is 92.3 Å². The second kappa shape index (κ2) is 10.2. The molecule has 0 saturated carbocycles. The van der Waals surface area contributed by atoms with Gasteiger partial charge in [-0.3, -0.25) is 14.4 Å². The molecule has 11 heteroatoms. The molecule has 7 nitrogen and oxygen atoms in total. The first kappa shape index (κ1) is 23.2. The summed E-state index contributed by atoms with van der Waals surface area (Å²) in [7, 11) is -3.67. The van der Waals surface area contributed by atoms with Gasteiger partial charge < -0.3 is 0 Å². The van der Waals surface area contributed by atoms with Crippen LogP contribution in [0, 0.1) is 5.82 Å². The number of amides is 1. The smallest absolute Gasteiger partial charge is 0.257 e. The Bertz CT molecular complexity index is 1150. The molecule has 3 aromatic rings. The second-order valence-corrected chi connectivity index (χ2v) is 10.8. The maximum Gasteiger partial charge on any atom is 0.257 e. The van der Waals surface area contributed by atoms with E-state index in [1.54, 1.807) is 23.9 Å². The number of carbonyl (C=O) groups is 1. The van der Waals surface area contributed by atoms with E-state index in [2.05, 4.69) is 22.4 Å². The Kier molecular flexibility index (Phi) is 7.63. The van der Waals surface area contributed by atoms with Gasteiger partial charge in [-0.1, -0.05) is 48.2 Å². The number of aromatic nitrogens is 2. The third-order valence-corrected chi connectivity index (χ3v) is 7.46. The Hall–Kier alpha value is -2.50. The Labute approximate surface area is 188 Å². The molecule has 1 aromatic heterocycles. The van der Waals surface area contributed by atoms with Crippen molar-refractivity contribution in [1.82, 2.24) is 10.2 Å². The Morgan fingerprint density at radius 3 is 2.52 bits per heavy atom. The van der Waals surface area contributed by atoms with Crippen LogP contribution in [0.5, 0.6) is 0 Å². The molecule has 0 saturated heterocycles. The summed E-state index contributed by atoms with van der Waals surface area (Å²) < 4.78 is 40.5. The molecule has 31 heavy (non-hydrogen) atoms. The highest BCUT2D eigenvalue weighted by molar-refractivity contribution is 8.01. The molecule has 0 aliphatic carbocycles. The molecule has 164 valence electrons. The highest BCUT2D eigenvalue weighted by Crippen LogP contribution is 2.27. The Morgan fingerprint density at radius 2 is 1.87 bits per heavy atom. The monoisotopic (exact) mass is 480 g/mol. The van der Waals surface area contributed by atoms with E-state index in [0.717, 1.165) is 27.1 Å². The molecule has 3 rings (SSSR count). The summed E-state index contributed by atoms with van der Waals surface area (Å²) in [6, 6.07) is 12.1. The molecular formula is C20H21FN4O3S3. The van der Waals surface area contributed by atoms with E-state index in [4.69, 9.17) is 0 Å². The van der Waals surface area contributed by atoms with Crippen molar-refractivity contribution in [3.63, 3.8) is 0 Å². The summed E-state index contributed by atoms with van der Waals surface area (Å²) in [5.74, 6) is 0.0590. The van der Waals surface area contributed by atoms with Gasteiger partial charge in [-0.15, -0.1) is 10.2 Å². The summed E-state index contributed by atoms with van der Waals surface area (Å²) >= 11 is 2.87. The van der Waals surface area contributed by atoms with Crippen molar-refractivity contribution >= 4 is 49.8 Å². The van der Waals surface area contributed by atoms with Crippen molar-refractivity contribution in [3.05, 3.63) is 65.5 Å². The van der Waals surface area contributed by atoms with Gasteiger partial charge in [-0.2, -0.15) is 0 Å². The van der Waals surface area contributed by atoms with E-state index in [0.29, 0.717) is 16.4 Å². The van der Waals surface area contributed by atoms with Gasteiger partial charge >= 0.3 is 0 Å². The van der Waals surface area contributed by atoms with Crippen LogP contribution >= 0.6 is 23.1 Å². The number of carbonyl (C=O) groups excluding carboxylic acids is 1. The molecule has 2 aromatic carbocycles. The van der Waals surface area contributed by atoms with Gasteiger partial charge in [-0.05, 0) is 36.8 Å². The normalized spacial score (nSPS) is 11.3. The molecule has 0 aliphatic rings. The average molecular weight is 481 g/mol. The molecule has 1 amide bonds. The fourth-order valence-electron chi connectivity index (χ4n) is 2.64. The van der Waals surface area contributed by atoms with Crippen LogP contribution in [0.2, 0.25) is 0 Å². The molecule has 0 radical (unpaired) electrons. The summed E-state index contributed by atoms with van der Waals surface area (Å²) in [6.07, 6.45) is 2.07. The van der Waals surface area contributed by atoms with Crippen molar-refractivity contribution < 1.29 is 17.6 Å². The van der Waals surface area contributed by atoms with E-state index in [1.165, 1.54) is 47.7 Å². The van der Waals surface area contributed by atoms with Gasteiger partial charge in [0.1, 0.15) is 5.82 Å². The van der Waals surface area contributed by atoms with Crippen molar-refractivity contribution in [2.45, 2.75) is 24.2 Å². The van der Waals surface area contributed by atoms with Crippen LogP contribution in [-0.2, 0) is 16.6 Å². The molecule has 0 spiro atoms. The molecule has 1 heterocycles. The largest absolute Gasteiger partial charge is 0.296 e. The predicted octanol–water partition coefficient (Wildman–Crippen LogP) is 4.40. The van der Waals surface area contributed by atoms with Crippen molar-refractivity contribution in [1.29, 1.82) is 0 Å². The summed E-state index contributed by atoms with van der Waals surface area (Å²) in [5, 5.41) is 11.1. The lowest BCUT2D eigenvalue weighted by molar-refractivity contribution is 0.102. The first-order valence-electron chi connectivity index (χ1n) is 9.36. The first-order chi connectivity index (χ1) is 14.8. The number of rotatable bonds is 9. The lowest BCUT2D eigenvalue weighted by atomic mass is 10.1. The van der Waals surface area contributed by atoms with Crippen LogP contribution in [0.25, 0.3) is 0 Å². The number of benzene rings is 2. The van der Waals surface area contributed by atoms with Gasteiger partial charge in [0.15, 0.2) is 4.34 Å². The summed E-state index contributed by atoms with van der Waals surface area (Å²) in [4.78, 5) is 12.5. The molecule has 0 atom stereocenters. The van der Waals surface area contributed by atoms with E-state index >= 15 is 0 Å².